The summed E-state index contributed by atoms with van der Waals surface area (Å²) in [6, 6.07) is 31.6. The number of hydrogen-bond acceptors (Lipinski definition) is 8. The number of hydrogen-bond donors (Lipinski definition) is 3. The molecule has 59 heavy (non-hydrogen) atoms. The molecule has 0 radical (unpaired) electrons. The lowest BCUT2D eigenvalue weighted by atomic mass is 9.82. The lowest BCUT2D eigenvalue weighted by molar-refractivity contribution is -0.146. The molecule has 2 fully saturated rings. The van der Waals surface area contributed by atoms with Crippen LogP contribution in [-0.2, 0) is 33.0 Å². The molecule has 13 heteroatoms. The van der Waals surface area contributed by atoms with Crippen LogP contribution in [0.4, 0.5) is 11.4 Å². The largest absolute Gasteiger partial charge is 0.497 e. The average molecular weight is 834 g/mol. The van der Waals surface area contributed by atoms with Crippen molar-refractivity contribution in [2.45, 2.75) is 75.5 Å². The highest BCUT2D eigenvalue weighted by Gasteiger charge is 2.66. The van der Waals surface area contributed by atoms with E-state index in [9.17, 15) is 9.90 Å². The standard InChI is InChI=1S/C46H53ClN6O5Si/c1-30-43(59(3,4)37-18-16-36(57-2)17-19-37)42(21-23-52-28-40(50-51-52)38(29-54)32-11-6-5-7-12-32)58-46(30)39-25-34(47)15-20-41(39)53(45(46)56)27-31-10-8-14-35(24-31)49-44(55)33-13-9-22-48-26-33/h5-8,10-12,14-20,24-25,28,30,33,38,42-43,48,54H,9,13,21-23,26-27,29H2,1-4H3,(H,49,55)/t30-,33?,38?,42+,43-,46+/m1/s1. The molecule has 5 aromatic rings. The first-order valence-electron chi connectivity index (χ1n) is 20.6. The van der Waals surface area contributed by atoms with Gasteiger partial charge in [0, 0.05) is 41.5 Å². The zero-order chi connectivity index (χ0) is 41.3. The predicted octanol–water partition coefficient (Wildman–Crippen LogP) is 6.86. The van der Waals surface area contributed by atoms with Crippen LogP contribution >= 0.6 is 11.6 Å². The summed E-state index contributed by atoms with van der Waals surface area (Å²) >= 11 is 6.76. The number of amides is 2. The lowest BCUT2D eigenvalue weighted by Crippen LogP contribution is -2.51. The van der Waals surface area contributed by atoms with Crippen LogP contribution in [0.5, 0.6) is 5.75 Å². The SMILES string of the molecule is COc1ccc([Si](C)(C)[C@H]2[C@H](CCn3cc(C(CO)c4ccccc4)nn3)O[C@@]3(C(=O)N(Cc4cccc(NC(=O)C5CCCNC5)c4)c4ccc(Cl)cc43)[C@@H]2C)cc1. The van der Waals surface area contributed by atoms with Crippen molar-refractivity contribution in [1.82, 2.24) is 20.3 Å². The highest BCUT2D eigenvalue weighted by molar-refractivity contribution is 6.91. The Labute approximate surface area is 352 Å². The Morgan fingerprint density at radius 2 is 1.88 bits per heavy atom. The number of anilines is 2. The van der Waals surface area contributed by atoms with Crippen molar-refractivity contribution in [3.63, 3.8) is 0 Å². The molecular formula is C46H53ClN6O5Si. The highest BCUT2D eigenvalue weighted by atomic mass is 35.5. The van der Waals surface area contributed by atoms with E-state index in [2.05, 4.69) is 53.1 Å². The first-order valence-corrected chi connectivity index (χ1v) is 24.1. The summed E-state index contributed by atoms with van der Waals surface area (Å²) in [5.41, 5.74) is 3.54. The monoisotopic (exact) mass is 832 g/mol. The molecule has 308 valence electrons. The van der Waals surface area contributed by atoms with Gasteiger partial charge in [-0.05, 0) is 84.9 Å². The van der Waals surface area contributed by atoms with Gasteiger partial charge in [0.05, 0.1) is 57.7 Å². The Hall–Kier alpha value is -4.85. The third kappa shape index (κ3) is 7.84. The molecule has 1 spiro atoms. The molecule has 6 atom stereocenters. The van der Waals surface area contributed by atoms with Crippen molar-refractivity contribution in [1.29, 1.82) is 0 Å². The van der Waals surface area contributed by atoms with Crippen molar-refractivity contribution < 1.29 is 24.2 Å². The molecule has 4 heterocycles. The van der Waals surface area contributed by atoms with Gasteiger partial charge in [0.25, 0.3) is 5.91 Å². The zero-order valence-electron chi connectivity index (χ0n) is 34.1. The second-order valence-electron chi connectivity index (χ2n) is 16.8. The second-order valence-corrected chi connectivity index (χ2v) is 21.9. The van der Waals surface area contributed by atoms with E-state index in [1.54, 1.807) is 7.11 Å². The molecule has 3 N–H and O–H groups in total. The highest BCUT2D eigenvalue weighted by Crippen LogP contribution is 2.60. The van der Waals surface area contributed by atoms with Crippen LogP contribution in [0.2, 0.25) is 23.7 Å². The van der Waals surface area contributed by atoms with Crippen LogP contribution in [0.15, 0.2) is 103 Å². The van der Waals surface area contributed by atoms with Crippen LogP contribution in [0.1, 0.15) is 54.5 Å². The number of carbonyl (C=O) groups is 2. The molecule has 0 aliphatic carbocycles. The van der Waals surface area contributed by atoms with Crippen molar-refractivity contribution in [2.24, 2.45) is 11.8 Å². The number of nitrogens with zero attached hydrogens (tertiary/aromatic N) is 4. The third-order valence-electron chi connectivity index (χ3n) is 12.9. The smallest absolute Gasteiger partial charge is 0.264 e. The van der Waals surface area contributed by atoms with E-state index < -0.39 is 13.7 Å². The van der Waals surface area contributed by atoms with E-state index in [0.717, 1.165) is 47.5 Å². The fraction of sp³-hybridized carbons (Fsp3) is 0.391. The maximum atomic E-state index is 15.4. The molecule has 11 nitrogen and oxygen atoms in total. The number of aromatic nitrogens is 3. The number of rotatable bonds is 13. The quantitative estimate of drug-likeness (QED) is 0.110. The minimum absolute atomic E-state index is 0.00553. The number of halogens is 1. The Bertz CT molecular complexity index is 2280. The summed E-state index contributed by atoms with van der Waals surface area (Å²) in [6.07, 6.45) is 4.02. The van der Waals surface area contributed by atoms with E-state index in [-0.39, 0.29) is 47.8 Å². The van der Waals surface area contributed by atoms with Gasteiger partial charge in [0.2, 0.25) is 5.91 Å². The molecule has 2 unspecified atom stereocenters. The molecule has 0 saturated carbocycles. The molecule has 3 aliphatic heterocycles. The van der Waals surface area contributed by atoms with E-state index in [4.69, 9.17) is 21.1 Å². The topological polar surface area (TPSA) is 131 Å². The second kappa shape index (κ2) is 17.0. The van der Waals surface area contributed by atoms with E-state index in [0.29, 0.717) is 42.5 Å². The van der Waals surface area contributed by atoms with Crippen LogP contribution < -0.4 is 25.5 Å². The minimum atomic E-state index is -2.41. The van der Waals surface area contributed by atoms with Gasteiger partial charge >= 0.3 is 0 Å². The molecule has 4 aromatic carbocycles. The number of carbonyl (C=O) groups excluding carboxylic acids is 2. The van der Waals surface area contributed by atoms with Crippen molar-refractivity contribution in [3.8, 4) is 5.75 Å². The zero-order valence-corrected chi connectivity index (χ0v) is 35.9. The maximum absolute atomic E-state index is 15.4. The summed E-state index contributed by atoms with van der Waals surface area (Å²) < 4.78 is 14.7. The van der Waals surface area contributed by atoms with Gasteiger partial charge in [-0.25, -0.2) is 0 Å². The van der Waals surface area contributed by atoms with Crippen molar-refractivity contribution in [2.75, 3.05) is 37.0 Å². The average Bonchev–Trinajstić information content (AvgIpc) is 3.91. The first-order chi connectivity index (χ1) is 28.5. The van der Waals surface area contributed by atoms with Crippen molar-refractivity contribution >= 4 is 48.1 Å². The predicted molar refractivity (Wildman–Crippen MR) is 233 cm³/mol. The number of benzene rings is 4. The third-order valence-corrected chi connectivity index (χ3v) is 17.5. The Morgan fingerprint density at radius 1 is 1.08 bits per heavy atom. The Balaban J connectivity index is 1.11. The number of piperidine rings is 1. The summed E-state index contributed by atoms with van der Waals surface area (Å²) in [5, 5.41) is 27.5. The van der Waals surface area contributed by atoms with Crippen LogP contribution in [-0.4, -0.2) is 72.9 Å². The molecular weight excluding hydrogens is 780 g/mol. The summed E-state index contributed by atoms with van der Waals surface area (Å²) in [6.45, 7) is 9.22. The fourth-order valence-corrected chi connectivity index (χ4v) is 14.1. The van der Waals surface area contributed by atoms with Gasteiger partial charge in [-0.3, -0.25) is 14.3 Å². The number of ether oxygens (including phenoxy) is 2. The maximum Gasteiger partial charge on any atom is 0.264 e. The first kappa shape index (κ1) is 40.9. The number of aliphatic hydroxyl groups is 1. The molecule has 2 saturated heterocycles. The molecule has 1 aromatic heterocycles. The summed E-state index contributed by atoms with van der Waals surface area (Å²) in [7, 11) is -0.738. The van der Waals surface area contributed by atoms with Gasteiger partial charge in [0.1, 0.15) is 5.75 Å². The lowest BCUT2D eigenvalue weighted by Gasteiger charge is -2.37. The normalized spacial score (nSPS) is 23.4. The number of methoxy groups -OCH3 is 1. The van der Waals surface area contributed by atoms with E-state index in [1.807, 2.05) is 101 Å². The summed E-state index contributed by atoms with van der Waals surface area (Å²) in [4.78, 5) is 30.3. The number of aryl methyl sites for hydroxylation is 1. The van der Waals surface area contributed by atoms with Gasteiger partial charge in [-0.1, -0.05) is 96.6 Å². The molecule has 0 bridgehead atoms. The van der Waals surface area contributed by atoms with E-state index >= 15 is 4.79 Å². The van der Waals surface area contributed by atoms with Gasteiger partial charge in [-0.15, -0.1) is 5.10 Å². The van der Waals surface area contributed by atoms with Gasteiger partial charge in [-0.2, -0.15) is 0 Å². The molecule has 3 aliphatic rings. The number of nitrogens with one attached hydrogen (secondary N) is 2. The van der Waals surface area contributed by atoms with Crippen molar-refractivity contribution in [3.05, 3.63) is 131 Å². The number of aliphatic hydroxyl groups excluding tert-OH is 1. The Morgan fingerprint density at radius 3 is 2.61 bits per heavy atom. The fourth-order valence-electron chi connectivity index (χ4n) is 9.86. The molecule has 2 amide bonds. The van der Waals surface area contributed by atoms with E-state index in [1.165, 1.54) is 5.19 Å². The Kier molecular flexibility index (Phi) is 11.8. The van der Waals surface area contributed by atoms with Gasteiger partial charge in [0.15, 0.2) is 5.60 Å². The van der Waals surface area contributed by atoms with Crippen LogP contribution in [0.25, 0.3) is 0 Å². The minimum Gasteiger partial charge on any atom is -0.497 e. The van der Waals surface area contributed by atoms with Gasteiger partial charge < -0.3 is 30.1 Å². The number of fused-ring (bicyclic) bond motifs is 2. The molecule has 8 rings (SSSR count). The van der Waals surface area contributed by atoms with Crippen LogP contribution in [0, 0.1) is 11.8 Å². The summed E-state index contributed by atoms with van der Waals surface area (Å²) in [5.74, 6) is 0.0963. The van der Waals surface area contributed by atoms with Crippen LogP contribution in [0.3, 0.4) is 0 Å².